The molecule has 0 saturated carbocycles. The van der Waals surface area contributed by atoms with Crippen molar-refractivity contribution in [1.82, 2.24) is 9.99 Å². The van der Waals surface area contributed by atoms with E-state index in [2.05, 4.69) is 62.0 Å². The average molecular weight is 585 g/mol. The zero-order valence-corrected chi connectivity index (χ0v) is 27.0. The van der Waals surface area contributed by atoms with E-state index in [9.17, 15) is 4.79 Å². The first-order valence-electron chi connectivity index (χ1n) is 15.9. The molecule has 0 fully saturated rings. The summed E-state index contributed by atoms with van der Waals surface area (Å²) in [6.45, 7) is 11.3. The number of carbonyl (C=O) groups is 1. The molecule has 2 atom stereocenters. The Morgan fingerprint density at radius 1 is 0.833 bits per heavy atom. The van der Waals surface area contributed by atoms with Crippen LogP contribution in [0.3, 0.4) is 0 Å². The van der Waals surface area contributed by atoms with Crippen molar-refractivity contribution in [2.45, 2.75) is 79.1 Å². The van der Waals surface area contributed by atoms with Gasteiger partial charge in [-0.2, -0.15) is 5.10 Å². The van der Waals surface area contributed by atoms with Crippen LogP contribution in [0.4, 0.5) is 5.13 Å². The standard InChI is InChI=1S/C36H48N4OS/c1-6-10-18-27(8-3)25-40(26-28(9-4)19-11-7-2)36-37-34(30-22-16-13-17-23-30)32(42-36)24-31-33(38-39(5)35(31)41)29-20-14-12-15-21-29/h12-17,20-24,27-28H,6-11,18-19,25-26H2,1-5H3/b31-24-. The lowest BCUT2D eigenvalue weighted by molar-refractivity contribution is -0.124. The monoisotopic (exact) mass is 584 g/mol. The smallest absolute Gasteiger partial charge is 0.276 e. The molecule has 2 unspecified atom stereocenters. The third-order valence-corrected chi connectivity index (χ3v) is 9.42. The van der Waals surface area contributed by atoms with Crippen LogP contribution < -0.4 is 4.90 Å². The first kappa shape index (κ1) is 31.7. The van der Waals surface area contributed by atoms with Crippen molar-refractivity contribution in [2.24, 2.45) is 16.9 Å². The summed E-state index contributed by atoms with van der Waals surface area (Å²) >= 11 is 1.72. The third-order valence-electron chi connectivity index (χ3n) is 8.36. The quantitative estimate of drug-likeness (QED) is 0.158. The minimum absolute atomic E-state index is 0.0871. The molecule has 224 valence electrons. The molecular weight excluding hydrogens is 536 g/mol. The second-order valence-electron chi connectivity index (χ2n) is 11.5. The third kappa shape index (κ3) is 7.97. The molecule has 0 aliphatic carbocycles. The van der Waals surface area contributed by atoms with Gasteiger partial charge in [-0.25, -0.2) is 9.99 Å². The Balaban J connectivity index is 1.79. The summed E-state index contributed by atoms with van der Waals surface area (Å²) in [5.74, 6) is 1.19. The van der Waals surface area contributed by atoms with E-state index in [4.69, 9.17) is 4.98 Å². The van der Waals surface area contributed by atoms with Crippen LogP contribution in [0, 0.1) is 11.8 Å². The number of amides is 1. The maximum Gasteiger partial charge on any atom is 0.276 e. The van der Waals surface area contributed by atoms with Gasteiger partial charge in [0.15, 0.2) is 5.13 Å². The predicted molar refractivity (Wildman–Crippen MR) is 180 cm³/mol. The number of hydrazone groups is 1. The fourth-order valence-electron chi connectivity index (χ4n) is 5.64. The number of thiazole rings is 1. The largest absolute Gasteiger partial charge is 0.348 e. The van der Waals surface area contributed by atoms with E-state index in [1.165, 1.54) is 56.4 Å². The summed E-state index contributed by atoms with van der Waals surface area (Å²) in [4.78, 5) is 22.3. The summed E-state index contributed by atoms with van der Waals surface area (Å²) in [5.41, 5.74) is 4.28. The predicted octanol–water partition coefficient (Wildman–Crippen LogP) is 9.31. The lowest BCUT2D eigenvalue weighted by Crippen LogP contribution is -2.34. The molecule has 2 heterocycles. The maximum atomic E-state index is 13.4. The molecule has 1 aliphatic rings. The van der Waals surface area contributed by atoms with E-state index in [0.717, 1.165) is 39.9 Å². The zero-order chi connectivity index (χ0) is 29.9. The van der Waals surface area contributed by atoms with Gasteiger partial charge in [0.05, 0.1) is 16.1 Å². The van der Waals surface area contributed by atoms with Crippen LogP contribution in [0.25, 0.3) is 17.3 Å². The number of hydrogen-bond donors (Lipinski definition) is 0. The lowest BCUT2D eigenvalue weighted by Gasteiger charge is -2.30. The van der Waals surface area contributed by atoms with E-state index < -0.39 is 0 Å². The van der Waals surface area contributed by atoms with Crippen LogP contribution in [-0.2, 0) is 4.79 Å². The second-order valence-corrected chi connectivity index (χ2v) is 12.5. The number of aromatic nitrogens is 1. The highest BCUT2D eigenvalue weighted by atomic mass is 32.1. The Hall–Kier alpha value is -3.25. The number of benzene rings is 2. The lowest BCUT2D eigenvalue weighted by atomic mass is 9.96. The molecule has 1 amide bonds. The number of unbranched alkanes of at least 4 members (excludes halogenated alkanes) is 2. The van der Waals surface area contributed by atoms with E-state index in [-0.39, 0.29) is 5.91 Å². The zero-order valence-electron chi connectivity index (χ0n) is 26.2. The molecule has 0 saturated heterocycles. The molecule has 5 nitrogen and oxygen atoms in total. The number of anilines is 1. The van der Waals surface area contributed by atoms with E-state index in [1.807, 2.05) is 42.5 Å². The van der Waals surface area contributed by atoms with E-state index in [0.29, 0.717) is 23.1 Å². The highest BCUT2D eigenvalue weighted by Crippen LogP contribution is 2.37. The van der Waals surface area contributed by atoms with Crippen LogP contribution in [0.15, 0.2) is 71.3 Å². The van der Waals surface area contributed by atoms with Gasteiger partial charge >= 0.3 is 0 Å². The molecule has 0 radical (unpaired) electrons. The van der Waals surface area contributed by atoms with Crippen LogP contribution in [0.2, 0.25) is 0 Å². The molecule has 3 aromatic rings. The van der Waals surface area contributed by atoms with Gasteiger partial charge < -0.3 is 4.90 Å². The number of hydrogen-bond acceptors (Lipinski definition) is 5. The molecule has 2 aromatic carbocycles. The van der Waals surface area contributed by atoms with Gasteiger partial charge in [-0.1, -0.05) is 138 Å². The van der Waals surface area contributed by atoms with Crippen molar-refractivity contribution in [3.05, 3.63) is 76.7 Å². The highest BCUT2D eigenvalue weighted by Gasteiger charge is 2.30. The summed E-state index contributed by atoms with van der Waals surface area (Å²) in [6, 6.07) is 20.4. The molecule has 4 rings (SSSR count). The van der Waals surface area contributed by atoms with Crippen LogP contribution in [0.1, 0.15) is 89.5 Å². The van der Waals surface area contributed by atoms with E-state index in [1.54, 1.807) is 18.4 Å². The number of carbonyl (C=O) groups excluding carboxylic acids is 1. The molecule has 1 aromatic heterocycles. The minimum Gasteiger partial charge on any atom is -0.348 e. The molecule has 1 aliphatic heterocycles. The molecule has 0 spiro atoms. The van der Waals surface area contributed by atoms with Crippen molar-refractivity contribution in [3.8, 4) is 11.3 Å². The van der Waals surface area contributed by atoms with Gasteiger partial charge in [0.25, 0.3) is 5.91 Å². The fourth-order valence-corrected chi connectivity index (χ4v) is 6.69. The Morgan fingerprint density at radius 3 is 1.90 bits per heavy atom. The summed E-state index contributed by atoms with van der Waals surface area (Å²) in [5, 5.41) is 7.13. The highest BCUT2D eigenvalue weighted by molar-refractivity contribution is 7.17. The summed E-state index contributed by atoms with van der Waals surface area (Å²) in [6.07, 6.45) is 11.9. The number of rotatable bonds is 16. The number of likely N-dealkylation sites (N-methyl/N-ethyl adjacent to an activating group) is 1. The molecule has 6 heteroatoms. The van der Waals surface area contributed by atoms with Crippen molar-refractivity contribution in [3.63, 3.8) is 0 Å². The summed E-state index contributed by atoms with van der Waals surface area (Å²) < 4.78 is 0. The maximum absolute atomic E-state index is 13.4. The van der Waals surface area contributed by atoms with Gasteiger partial charge in [-0.15, -0.1) is 0 Å². The van der Waals surface area contributed by atoms with E-state index >= 15 is 0 Å². The molecular formula is C36H48N4OS. The SMILES string of the molecule is CCCCC(CC)CN(CC(CC)CCCC)c1nc(-c2ccccc2)c(/C=C2\C(=O)N(C)N=C2c2ccccc2)s1. The van der Waals surface area contributed by atoms with Gasteiger partial charge in [0.1, 0.15) is 5.71 Å². The Bertz CT molecular complexity index is 1310. The van der Waals surface area contributed by atoms with Crippen LogP contribution in [-0.4, -0.2) is 41.7 Å². The first-order valence-corrected chi connectivity index (χ1v) is 16.8. The second kappa shape index (κ2) is 15.8. The van der Waals surface area contributed by atoms with Gasteiger partial charge in [0.2, 0.25) is 0 Å². The van der Waals surface area contributed by atoms with Crippen molar-refractivity contribution in [2.75, 3.05) is 25.0 Å². The van der Waals surface area contributed by atoms with Crippen LogP contribution in [0.5, 0.6) is 0 Å². The topological polar surface area (TPSA) is 48.8 Å². The average Bonchev–Trinajstić information content (AvgIpc) is 3.58. The Labute approximate surface area is 257 Å². The van der Waals surface area contributed by atoms with Crippen LogP contribution >= 0.6 is 11.3 Å². The first-order chi connectivity index (χ1) is 20.5. The minimum atomic E-state index is -0.0871. The molecule has 0 N–H and O–H groups in total. The van der Waals surface area contributed by atoms with Gasteiger partial charge in [0, 0.05) is 31.3 Å². The number of nitrogens with zero attached hydrogens (tertiary/aromatic N) is 4. The molecule has 42 heavy (non-hydrogen) atoms. The van der Waals surface area contributed by atoms with Gasteiger partial charge in [-0.3, -0.25) is 4.79 Å². The normalized spacial score (nSPS) is 15.7. The van der Waals surface area contributed by atoms with Gasteiger partial charge in [-0.05, 0) is 30.8 Å². The van der Waals surface area contributed by atoms with Crippen molar-refractivity contribution in [1.29, 1.82) is 0 Å². The van der Waals surface area contributed by atoms with Crippen molar-refractivity contribution < 1.29 is 4.79 Å². The van der Waals surface area contributed by atoms with Crippen molar-refractivity contribution >= 4 is 34.2 Å². The fraction of sp³-hybridized carbons (Fsp3) is 0.472. The Kier molecular flexibility index (Phi) is 11.9. The summed E-state index contributed by atoms with van der Waals surface area (Å²) in [7, 11) is 1.73. The Morgan fingerprint density at radius 2 is 1.38 bits per heavy atom. The molecule has 0 bridgehead atoms.